The molecular formula is C21H19N3O3S. The number of aryl methyl sites for hydroxylation is 1. The molecule has 0 saturated carbocycles. The minimum absolute atomic E-state index is 0.220. The number of fused-ring (bicyclic) bond motifs is 1. The second-order valence-corrected chi connectivity index (χ2v) is 7.36. The molecule has 6 nitrogen and oxygen atoms in total. The normalized spacial score (nSPS) is 11.6. The first-order valence-electron chi connectivity index (χ1n) is 8.90. The van der Waals surface area contributed by atoms with Crippen molar-refractivity contribution < 1.29 is 14.3 Å². The second-order valence-electron chi connectivity index (χ2n) is 6.24. The Morgan fingerprint density at radius 3 is 2.86 bits per heavy atom. The Hall–Kier alpha value is -3.24. The third-order valence-corrected chi connectivity index (χ3v) is 5.14. The van der Waals surface area contributed by atoms with Crippen molar-refractivity contribution in [1.82, 2.24) is 4.98 Å². The maximum absolute atomic E-state index is 12.2. The van der Waals surface area contributed by atoms with Gasteiger partial charge in [-0.1, -0.05) is 18.2 Å². The number of nitriles is 1. The van der Waals surface area contributed by atoms with Gasteiger partial charge in [0, 0.05) is 12.1 Å². The summed E-state index contributed by atoms with van der Waals surface area (Å²) in [6, 6.07) is 16.5. The third-order valence-electron chi connectivity index (χ3n) is 4.05. The van der Waals surface area contributed by atoms with Crippen molar-refractivity contribution in [2.24, 2.45) is 0 Å². The SMILES string of the molecule is CC(OC(=O)CCCc1nc2ccccc2s1)C(=O)Nc1cccc(C#N)c1. The van der Waals surface area contributed by atoms with Crippen LogP contribution in [0.1, 0.15) is 30.3 Å². The fraction of sp³-hybridized carbons (Fsp3) is 0.238. The van der Waals surface area contributed by atoms with E-state index in [1.165, 1.54) is 6.92 Å². The Morgan fingerprint density at radius 1 is 1.25 bits per heavy atom. The van der Waals surface area contributed by atoms with Crippen LogP contribution in [0.15, 0.2) is 48.5 Å². The number of esters is 1. The number of hydrogen-bond acceptors (Lipinski definition) is 6. The molecule has 3 rings (SSSR count). The van der Waals surface area contributed by atoms with Crippen molar-refractivity contribution in [2.45, 2.75) is 32.3 Å². The fourth-order valence-corrected chi connectivity index (χ4v) is 3.64. The molecule has 142 valence electrons. The van der Waals surface area contributed by atoms with Crippen LogP contribution in [-0.4, -0.2) is 23.0 Å². The van der Waals surface area contributed by atoms with Gasteiger partial charge in [0.05, 0.1) is 26.9 Å². The number of para-hydroxylation sites is 1. The van der Waals surface area contributed by atoms with Crippen LogP contribution in [-0.2, 0) is 20.7 Å². The highest BCUT2D eigenvalue weighted by Gasteiger charge is 2.18. The van der Waals surface area contributed by atoms with Crippen LogP contribution in [0.2, 0.25) is 0 Å². The average Bonchev–Trinajstić information content (AvgIpc) is 3.10. The van der Waals surface area contributed by atoms with Crippen LogP contribution in [0.25, 0.3) is 10.2 Å². The molecule has 0 aliphatic rings. The van der Waals surface area contributed by atoms with Crippen molar-refractivity contribution in [2.75, 3.05) is 5.32 Å². The van der Waals surface area contributed by atoms with E-state index < -0.39 is 18.0 Å². The molecule has 0 saturated heterocycles. The summed E-state index contributed by atoms with van der Waals surface area (Å²) in [5.41, 5.74) is 1.90. The standard InChI is InChI=1S/C21H19N3O3S/c1-14(21(26)23-16-7-4-6-15(12-16)13-22)27-20(25)11-5-10-19-24-17-8-2-3-9-18(17)28-19/h2-4,6-9,12,14H,5,10-11H2,1H3,(H,23,26). The molecule has 0 aliphatic heterocycles. The zero-order valence-corrected chi connectivity index (χ0v) is 16.2. The van der Waals surface area contributed by atoms with Gasteiger partial charge in [-0.05, 0) is 50.1 Å². The lowest BCUT2D eigenvalue weighted by Crippen LogP contribution is -2.29. The fourth-order valence-electron chi connectivity index (χ4n) is 2.63. The number of rotatable bonds is 7. The number of anilines is 1. The van der Waals surface area contributed by atoms with Gasteiger partial charge in [0.15, 0.2) is 6.10 Å². The van der Waals surface area contributed by atoms with Crippen LogP contribution in [0.4, 0.5) is 5.69 Å². The van der Waals surface area contributed by atoms with E-state index in [-0.39, 0.29) is 6.42 Å². The molecule has 0 fully saturated rings. The van der Waals surface area contributed by atoms with E-state index in [1.807, 2.05) is 30.3 Å². The Bertz CT molecular complexity index is 1010. The first-order chi connectivity index (χ1) is 13.5. The van der Waals surface area contributed by atoms with E-state index in [9.17, 15) is 9.59 Å². The highest BCUT2D eigenvalue weighted by molar-refractivity contribution is 7.18. The van der Waals surface area contributed by atoms with E-state index in [0.29, 0.717) is 24.1 Å². The van der Waals surface area contributed by atoms with E-state index in [4.69, 9.17) is 10.00 Å². The van der Waals surface area contributed by atoms with Gasteiger partial charge in [-0.3, -0.25) is 9.59 Å². The van der Waals surface area contributed by atoms with Crippen molar-refractivity contribution in [1.29, 1.82) is 5.26 Å². The summed E-state index contributed by atoms with van der Waals surface area (Å²) >= 11 is 1.62. The zero-order chi connectivity index (χ0) is 19.9. The lowest BCUT2D eigenvalue weighted by Gasteiger charge is -2.13. The van der Waals surface area contributed by atoms with Crippen LogP contribution in [0, 0.1) is 11.3 Å². The quantitative estimate of drug-likeness (QED) is 0.611. The Labute approximate surface area is 166 Å². The number of aromatic nitrogens is 1. The zero-order valence-electron chi connectivity index (χ0n) is 15.3. The second kappa shape index (κ2) is 9.11. The maximum Gasteiger partial charge on any atom is 0.306 e. The summed E-state index contributed by atoms with van der Waals surface area (Å²) in [6.07, 6.45) is 0.602. The molecule has 7 heteroatoms. The predicted octanol–water partition coefficient (Wildman–Crippen LogP) is 4.06. The van der Waals surface area contributed by atoms with Gasteiger partial charge in [-0.15, -0.1) is 11.3 Å². The smallest absolute Gasteiger partial charge is 0.306 e. The van der Waals surface area contributed by atoms with Gasteiger partial charge in [-0.25, -0.2) is 4.98 Å². The van der Waals surface area contributed by atoms with Gasteiger partial charge in [0.2, 0.25) is 0 Å². The van der Waals surface area contributed by atoms with Crippen LogP contribution >= 0.6 is 11.3 Å². The third kappa shape index (κ3) is 5.15. The number of nitrogens with one attached hydrogen (secondary N) is 1. The van der Waals surface area contributed by atoms with E-state index >= 15 is 0 Å². The first-order valence-corrected chi connectivity index (χ1v) is 9.72. The van der Waals surface area contributed by atoms with Crippen LogP contribution < -0.4 is 5.32 Å². The minimum Gasteiger partial charge on any atom is -0.453 e. The van der Waals surface area contributed by atoms with Crippen molar-refractivity contribution >= 4 is 39.1 Å². The molecule has 1 atom stereocenters. The highest BCUT2D eigenvalue weighted by atomic mass is 32.1. The number of amides is 1. The Morgan fingerprint density at radius 2 is 2.07 bits per heavy atom. The molecule has 2 aromatic carbocycles. The van der Waals surface area contributed by atoms with Crippen molar-refractivity contribution in [3.05, 3.63) is 59.1 Å². The largest absolute Gasteiger partial charge is 0.453 e. The van der Waals surface area contributed by atoms with E-state index in [2.05, 4.69) is 10.3 Å². The lowest BCUT2D eigenvalue weighted by atomic mass is 10.2. The highest BCUT2D eigenvalue weighted by Crippen LogP contribution is 2.22. The summed E-state index contributed by atoms with van der Waals surface area (Å²) in [4.78, 5) is 28.7. The van der Waals surface area contributed by atoms with Gasteiger partial charge in [0.1, 0.15) is 0 Å². The predicted molar refractivity (Wildman–Crippen MR) is 108 cm³/mol. The molecular weight excluding hydrogens is 374 g/mol. The first kappa shape index (κ1) is 19.5. The number of benzene rings is 2. The molecule has 1 unspecified atom stereocenters. The van der Waals surface area contributed by atoms with Crippen LogP contribution in [0.5, 0.6) is 0 Å². The summed E-state index contributed by atoms with van der Waals surface area (Å²) in [7, 11) is 0. The number of thiazole rings is 1. The van der Waals surface area contributed by atoms with E-state index in [1.54, 1.807) is 35.6 Å². The molecule has 28 heavy (non-hydrogen) atoms. The van der Waals surface area contributed by atoms with Crippen LogP contribution in [0.3, 0.4) is 0 Å². The number of hydrogen-bond donors (Lipinski definition) is 1. The lowest BCUT2D eigenvalue weighted by molar-refractivity contribution is -0.153. The topological polar surface area (TPSA) is 92.1 Å². The molecule has 1 N–H and O–H groups in total. The molecule has 1 amide bonds. The van der Waals surface area contributed by atoms with Gasteiger partial charge < -0.3 is 10.1 Å². The maximum atomic E-state index is 12.2. The van der Waals surface area contributed by atoms with E-state index in [0.717, 1.165) is 15.2 Å². The van der Waals surface area contributed by atoms with Gasteiger partial charge in [0.25, 0.3) is 5.91 Å². The molecule has 1 aromatic heterocycles. The number of carbonyl (C=O) groups excluding carboxylic acids is 2. The Kier molecular flexibility index (Phi) is 6.35. The minimum atomic E-state index is -0.916. The van der Waals surface area contributed by atoms with Crippen molar-refractivity contribution in [3.8, 4) is 6.07 Å². The van der Waals surface area contributed by atoms with Gasteiger partial charge >= 0.3 is 5.97 Å². The molecule has 0 radical (unpaired) electrons. The molecule has 3 aromatic rings. The molecule has 0 spiro atoms. The van der Waals surface area contributed by atoms with Crippen molar-refractivity contribution in [3.63, 3.8) is 0 Å². The number of carbonyl (C=O) groups is 2. The molecule has 1 heterocycles. The average molecular weight is 393 g/mol. The summed E-state index contributed by atoms with van der Waals surface area (Å²) in [5, 5.41) is 12.5. The number of ether oxygens (including phenoxy) is 1. The Balaban J connectivity index is 1.44. The summed E-state index contributed by atoms with van der Waals surface area (Å²) < 4.78 is 6.34. The summed E-state index contributed by atoms with van der Waals surface area (Å²) in [5.74, 6) is -0.857. The number of nitrogens with zero attached hydrogens (tertiary/aromatic N) is 2. The van der Waals surface area contributed by atoms with Gasteiger partial charge in [-0.2, -0.15) is 5.26 Å². The monoisotopic (exact) mass is 393 g/mol. The summed E-state index contributed by atoms with van der Waals surface area (Å²) in [6.45, 7) is 1.52. The molecule has 0 bridgehead atoms. The molecule has 0 aliphatic carbocycles.